The van der Waals surface area contributed by atoms with E-state index in [2.05, 4.69) is 16.0 Å². The van der Waals surface area contributed by atoms with Crippen molar-refractivity contribution < 1.29 is 28.6 Å². The van der Waals surface area contributed by atoms with E-state index in [4.69, 9.17) is 25.4 Å². The number of likely N-dealkylation sites (tertiary alicyclic amines) is 1. The van der Waals surface area contributed by atoms with Crippen LogP contribution in [0.25, 0.3) is 0 Å². The minimum atomic E-state index is -1.07. The van der Waals surface area contributed by atoms with Crippen LogP contribution < -0.4 is 26.4 Å². The summed E-state index contributed by atoms with van der Waals surface area (Å²) in [6, 6.07) is 14.4. The first-order valence-corrected chi connectivity index (χ1v) is 14.0. The van der Waals surface area contributed by atoms with E-state index >= 15 is 0 Å². The number of nitrogens with two attached hydrogens (primary N) is 1. The Balaban J connectivity index is 1.82. The van der Waals surface area contributed by atoms with Gasteiger partial charge >= 0.3 is 5.97 Å². The Kier molecular flexibility index (Phi) is 12.6. The number of carbonyl (C=O) groups excluding carboxylic acids is 3. The van der Waals surface area contributed by atoms with Gasteiger partial charge in [0.05, 0.1) is 26.3 Å². The van der Waals surface area contributed by atoms with Gasteiger partial charge in [0, 0.05) is 26.2 Å². The summed E-state index contributed by atoms with van der Waals surface area (Å²) in [4.78, 5) is 41.2. The highest BCUT2D eigenvalue weighted by atomic mass is 16.5. The standard InChI is InChI=1S/C30H42N6O6/c1-4-42-23-12-10-20(11-13-23)18-24(33-19-25(37)40-2)28(38)35-26(27(41-3)21-8-6-5-7-9-21)29(39)34-22-14-16-36(17-15-22)30(31)32/h5-13,22,24,26-27,33H,4,14-19H2,1-3H3,(H3,31,32)(H,34,39)(H,35,38)/t24?,26-,27-/m1/s1. The van der Waals surface area contributed by atoms with Crippen molar-refractivity contribution >= 4 is 23.7 Å². The molecule has 0 spiro atoms. The summed E-state index contributed by atoms with van der Waals surface area (Å²) in [5.74, 6) is -0.678. The number of esters is 1. The van der Waals surface area contributed by atoms with E-state index in [-0.39, 0.29) is 25.0 Å². The summed E-state index contributed by atoms with van der Waals surface area (Å²) in [7, 11) is 2.76. The number of rotatable bonds is 14. The van der Waals surface area contributed by atoms with Crippen LogP contribution in [0.2, 0.25) is 0 Å². The minimum Gasteiger partial charge on any atom is -0.494 e. The first-order chi connectivity index (χ1) is 20.2. The van der Waals surface area contributed by atoms with E-state index in [9.17, 15) is 14.4 Å². The average Bonchev–Trinajstić information content (AvgIpc) is 3.00. The van der Waals surface area contributed by atoms with Crippen LogP contribution in [0.5, 0.6) is 5.75 Å². The Morgan fingerprint density at radius 3 is 2.26 bits per heavy atom. The van der Waals surface area contributed by atoms with Crippen LogP contribution in [0.3, 0.4) is 0 Å². The molecule has 0 aromatic heterocycles. The maximum absolute atomic E-state index is 13.8. The average molecular weight is 583 g/mol. The normalized spacial score (nSPS) is 15.6. The number of nitrogens with zero attached hydrogens (tertiary/aromatic N) is 1. The lowest BCUT2D eigenvalue weighted by Gasteiger charge is -2.34. The smallest absolute Gasteiger partial charge is 0.319 e. The van der Waals surface area contributed by atoms with Crippen LogP contribution in [-0.4, -0.2) is 87.2 Å². The molecule has 0 radical (unpaired) electrons. The Bertz CT molecular complexity index is 1170. The fourth-order valence-electron chi connectivity index (χ4n) is 4.86. The molecule has 0 bridgehead atoms. The third-order valence-corrected chi connectivity index (χ3v) is 7.16. The van der Waals surface area contributed by atoms with Gasteiger partial charge in [0.1, 0.15) is 17.9 Å². The van der Waals surface area contributed by atoms with Gasteiger partial charge in [0.25, 0.3) is 0 Å². The number of nitrogens with one attached hydrogen (secondary N) is 4. The number of hydrogen-bond donors (Lipinski definition) is 5. The predicted octanol–water partition coefficient (Wildman–Crippen LogP) is 1.11. The van der Waals surface area contributed by atoms with Crippen molar-refractivity contribution in [3.63, 3.8) is 0 Å². The fraction of sp³-hybridized carbons (Fsp3) is 0.467. The number of ether oxygens (including phenoxy) is 3. The Morgan fingerprint density at radius 1 is 1.02 bits per heavy atom. The van der Waals surface area contributed by atoms with Crippen molar-refractivity contribution in [2.75, 3.05) is 40.5 Å². The predicted molar refractivity (Wildman–Crippen MR) is 158 cm³/mol. The quantitative estimate of drug-likeness (QED) is 0.124. The van der Waals surface area contributed by atoms with E-state index in [0.29, 0.717) is 38.3 Å². The lowest BCUT2D eigenvalue weighted by molar-refractivity contribution is -0.140. The molecule has 1 aliphatic heterocycles. The summed E-state index contributed by atoms with van der Waals surface area (Å²) in [6.45, 7) is 3.34. The zero-order chi connectivity index (χ0) is 30.5. The van der Waals surface area contributed by atoms with E-state index in [1.165, 1.54) is 14.2 Å². The maximum Gasteiger partial charge on any atom is 0.319 e. The molecule has 2 aromatic rings. The second-order valence-electron chi connectivity index (χ2n) is 10.00. The van der Waals surface area contributed by atoms with Gasteiger partial charge in [0.15, 0.2) is 5.96 Å². The van der Waals surface area contributed by atoms with E-state index in [1.807, 2.05) is 61.5 Å². The lowest BCUT2D eigenvalue weighted by atomic mass is 9.98. The van der Waals surface area contributed by atoms with Crippen LogP contribution in [0.1, 0.15) is 37.0 Å². The molecule has 0 aliphatic carbocycles. The molecule has 1 aliphatic rings. The third-order valence-electron chi connectivity index (χ3n) is 7.16. The van der Waals surface area contributed by atoms with Crippen LogP contribution in [0, 0.1) is 5.41 Å². The van der Waals surface area contributed by atoms with Crippen molar-refractivity contribution in [1.29, 1.82) is 5.41 Å². The molecular formula is C30H42N6O6. The summed E-state index contributed by atoms with van der Waals surface area (Å²) < 4.78 is 16.0. The maximum atomic E-state index is 13.8. The summed E-state index contributed by atoms with van der Waals surface area (Å²) in [5.41, 5.74) is 7.17. The molecule has 3 atom stereocenters. The molecule has 1 unspecified atom stereocenters. The zero-order valence-electron chi connectivity index (χ0n) is 24.4. The molecule has 2 aromatic carbocycles. The second kappa shape index (κ2) is 16.3. The molecule has 12 nitrogen and oxygen atoms in total. The molecule has 2 amide bonds. The van der Waals surface area contributed by atoms with Crippen molar-refractivity contribution in [2.45, 2.75) is 50.4 Å². The Morgan fingerprint density at radius 2 is 1.69 bits per heavy atom. The van der Waals surface area contributed by atoms with E-state index in [1.54, 1.807) is 4.90 Å². The number of guanidine groups is 1. The molecule has 3 rings (SSSR count). The van der Waals surface area contributed by atoms with E-state index < -0.39 is 36.0 Å². The number of amides is 2. The van der Waals surface area contributed by atoms with Crippen LogP contribution in [-0.2, 0) is 30.3 Å². The van der Waals surface area contributed by atoms with Gasteiger partial charge in [-0.15, -0.1) is 0 Å². The largest absolute Gasteiger partial charge is 0.494 e. The molecule has 1 fully saturated rings. The zero-order valence-corrected chi connectivity index (χ0v) is 24.4. The highest BCUT2D eigenvalue weighted by Gasteiger charge is 2.35. The van der Waals surface area contributed by atoms with E-state index in [0.717, 1.165) is 11.1 Å². The molecule has 1 saturated heterocycles. The van der Waals surface area contributed by atoms with Gasteiger partial charge in [0.2, 0.25) is 11.8 Å². The first-order valence-electron chi connectivity index (χ1n) is 14.0. The number of methoxy groups -OCH3 is 2. The SMILES string of the molecule is CCOc1ccc(CC(NCC(=O)OC)C(=O)N[C@@H](C(=O)NC2CCN(C(=N)N)CC2)[C@H](OC)c2ccccc2)cc1. The highest BCUT2D eigenvalue weighted by molar-refractivity contribution is 5.91. The fourth-order valence-corrected chi connectivity index (χ4v) is 4.86. The minimum absolute atomic E-state index is 0.00599. The summed E-state index contributed by atoms with van der Waals surface area (Å²) in [5, 5.41) is 16.6. The molecule has 42 heavy (non-hydrogen) atoms. The van der Waals surface area contributed by atoms with Gasteiger partial charge in [-0.2, -0.15) is 0 Å². The number of hydrogen-bond acceptors (Lipinski definition) is 8. The number of carbonyl (C=O) groups is 3. The Labute approximate surface area is 246 Å². The van der Waals surface area contributed by atoms with Crippen molar-refractivity contribution in [1.82, 2.24) is 20.9 Å². The summed E-state index contributed by atoms with van der Waals surface area (Å²) >= 11 is 0. The highest BCUT2D eigenvalue weighted by Crippen LogP contribution is 2.22. The number of benzene rings is 2. The monoisotopic (exact) mass is 582 g/mol. The molecule has 1 heterocycles. The van der Waals surface area contributed by atoms with Gasteiger partial charge < -0.3 is 35.5 Å². The Hall–Kier alpha value is -4.16. The number of piperidine rings is 1. The van der Waals surface area contributed by atoms with Gasteiger partial charge in [-0.3, -0.25) is 25.1 Å². The summed E-state index contributed by atoms with van der Waals surface area (Å²) in [6.07, 6.45) is 0.682. The second-order valence-corrected chi connectivity index (χ2v) is 10.00. The van der Waals surface area contributed by atoms with Crippen LogP contribution in [0.4, 0.5) is 0 Å². The van der Waals surface area contributed by atoms with Gasteiger partial charge in [-0.1, -0.05) is 42.5 Å². The van der Waals surface area contributed by atoms with Crippen molar-refractivity contribution in [2.24, 2.45) is 5.73 Å². The molecule has 0 saturated carbocycles. The molecule has 228 valence electrons. The first kappa shape index (κ1) is 32.4. The van der Waals surface area contributed by atoms with Crippen LogP contribution >= 0.6 is 0 Å². The van der Waals surface area contributed by atoms with Crippen molar-refractivity contribution in [3.8, 4) is 5.75 Å². The molecule has 12 heteroatoms. The molecule has 6 N–H and O–H groups in total. The van der Waals surface area contributed by atoms with Crippen molar-refractivity contribution in [3.05, 3.63) is 65.7 Å². The van der Waals surface area contributed by atoms with Crippen LogP contribution in [0.15, 0.2) is 54.6 Å². The van der Waals surface area contributed by atoms with Gasteiger partial charge in [-0.25, -0.2) is 0 Å². The van der Waals surface area contributed by atoms with Gasteiger partial charge in [-0.05, 0) is 49.4 Å². The molecular weight excluding hydrogens is 540 g/mol. The topological polar surface area (TPSA) is 168 Å². The lowest BCUT2D eigenvalue weighted by Crippen LogP contribution is -2.58. The third kappa shape index (κ3) is 9.45.